The molecule has 0 bridgehead atoms. The molecular weight excluding hydrogens is 458 g/mol. The Balaban J connectivity index is 1.26. The number of likely N-dealkylation sites (tertiary alicyclic amines) is 1. The van der Waals surface area contributed by atoms with E-state index in [9.17, 15) is 9.59 Å². The normalized spacial score (nSPS) is 22.9. The van der Waals surface area contributed by atoms with Gasteiger partial charge in [0.05, 0.1) is 18.7 Å². The van der Waals surface area contributed by atoms with Gasteiger partial charge in [-0.25, -0.2) is 0 Å². The molecule has 2 N–H and O–H groups in total. The monoisotopic (exact) mass is 491 g/mol. The number of ether oxygens (including phenoxy) is 2. The van der Waals surface area contributed by atoms with Crippen LogP contribution in [0.1, 0.15) is 33.8 Å². The zero-order chi connectivity index (χ0) is 25.2. The van der Waals surface area contributed by atoms with Gasteiger partial charge in [0.1, 0.15) is 18.1 Å². The first-order valence-corrected chi connectivity index (χ1v) is 12.4. The maximum absolute atomic E-state index is 13.2. The molecule has 36 heavy (non-hydrogen) atoms. The van der Waals surface area contributed by atoms with E-state index in [1.54, 1.807) is 7.11 Å². The van der Waals surface area contributed by atoms with Gasteiger partial charge in [-0.15, -0.1) is 0 Å². The van der Waals surface area contributed by atoms with Crippen molar-refractivity contribution in [3.05, 3.63) is 53.1 Å². The number of fused-ring (bicyclic) bond motifs is 1. The van der Waals surface area contributed by atoms with Crippen LogP contribution in [0, 0.1) is 5.92 Å². The number of likely N-dealkylation sites (N-methyl/N-ethyl adjacent to an activating group) is 2. The summed E-state index contributed by atoms with van der Waals surface area (Å²) in [6.07, 6.45) is 3.35. The summed E-state index contributed by atoms with van der Waals surface area (Å²) >= 11 is 0. The topological polar surface area (TPSA) is 95.5 Å². The van der Waals surface area contributed by atoms with Crippen molar-refractivity contribution >= 4 is 23.7 Å². The van der Waals surface area contributed by atoms with Crippen molar-refractivity contribution in [3.8, 4) is 11.5 Å². The molecule has 0 aromatic heterocycles. The maximum Gasteiger partial charge on any atom is 0.253 e. The van der Waals surface area contributed by atoms with Crippen molar-refractivity contribution in [3.63, 3.8) is 0 Å². The zero-order valence-electron chi connectivity index (χ0n) is 21.0. The molecule has 190 valence electrons. The number of carbonyl (C=O) groups is 2. The van der Waals surface area contributed by atoms with Crippen molar-refractivity contribution in [2.24, 2.45) is 11.0 Å². The Morgan fingerprint density at radius 3 is 2.83 bits per heavy atom. The molecule has 9 nitrogen and oxygen atoms in total. The summed E-state index contributed by atoms with van der Waals surface area (Å²) in [4.78, 5) is 30.4. The van der Waals surface area contributed by atoms with Gasteiger partial charge in [-0.3, -0.25) is 9.59 Å². The summed E-state index contributed by atoms with van der Waals surface area (Å²) in [6.45, 7) is 2.90. The van der Waals surface area contributed by atoms with Crippen molar-refractivity contribution in [2.75, 3.05) is 52.8 Å². The number of anilines is 1. The average molecular weight is 492 g/mol. The molecule has 0 saturated carbocycles. The van der Waals surface area contributed by atoms with Gasteiger partial charge in [-0.1, -0.05) is 6.07 Å². The summed E-state index contributed by atoms with van der Waals surface area (Å²) in [6, 6.07) is 11.5. The molecule has 2 amide bonds. The molecule has 3 heterocycles. The maximum atomic E-state index is 13.2. The second-order valence-electron chi connectivity index (χ2n) is 9.85. The summed E-state index contributed by atoms with van der Waals surface area (Å²) in [5.41, 5.74) is 6.14. The summed E-state index contributed by atoms with van der Waals surface area (Å²) in [5, 5.41) is 7.08. The van der Waals surface area contributed by atoms with Crippen LogP contribution in [0.5, 0.6) is 11.5 Å². The van der Waals surface area contributed by atoms with Gasteiger partial charge in [-0.05, 0) is 67.9 Å². The van der Waals surface area contributed by atoms with E-state index in [1.165, 1.54) is 0 Å². The number of carbonyl (C=O) groups excluding carboxylic acids is 2. The van der Waals surface area contributed by atoms with Crippen LogP contribution in [0.3, 0.4) is 0 Å². The highest BCUT2D eigenvalue weighted by molar-refractivity contribution is 5.96. The van der Waals surface area contributed by atoms with Crippen LogP contribution in [-0.2, 0) is 11.2 Å². The van der Waals surface area contributed by atoms with E-state index >= 15 is 0 Å². The number of benzene rings is 2. The molecule has 0 radical (unpaired) electrons. The molecule has 5 rings (SSSR count). The van der Waals surface area contributed by atoms with Crippen LogP contribution >= 0.6 is 0 Å². The summed E-state index contributed by atoms with van der Waals surface area (Å²) < 4.78 is 11.4. The van der Waals surface area contributed by atoms with Gasteiger partial charge in [-0.2, -0.15) is 5.10 Å². The van der Waals surface area contributed by atoms with Crippen molar-refractivity contribution in [1.29, 1.82) is 0 Å². The predicted molar refractivity (Wildman–Crippen MR) is 138 cm³/mol. The minimum absolute atomic E-state index is 0.00277. The Bertz CT molecular complexity index is 1180. The van der Waals surface area contributed by atoms with E-state index < -0.39 is 0 Å². The first-order valence-electron chi connectivity index (χ1n) is 12.4. The molecule has 2 aromatic carbocycles. The molecule has 0 spiro atoms. The van der Waals surface area contributed by atoms with Gasteiger partial charge in [0.2, 0.25) is 5.91 Å². The first kappa shape index (κ1) is 24.1. The molecule has 1 saturated heterocycles. The zero-order valence-corrected chi connectivity index (χ0v) is 21.0. The average Bonchev–Trinajstić information content (AvgIpc) is 3.59. The molecule has 1 fully saturated rings. The smallest absolute Gasteiger partial charge is 0.253 e. The molecular formula is C27H33N5O4. The number of hydrazone groups is 1. The lowest BCUT2D eigenvalue weighted by Crippen LogP contribution is -2.38. The number of amides is 2. The summed E-state index contributed by atoms with van der Waals surface area (Å²) in [5.74, 6) is 0.993. The predicted octanol–water partition coefficient (Wildman–Crippen LogP) is 2.33. The Labute approximate surface area is 211 Å². The first-order chi connectivity index (χ1) is 17.4. The highest BCUT2D eigenvalue weighted by atomic mass is 16.5. The fourth-order valence-electron chi connectivity index (χ4n) is 5.12. The van der Waals surface area contributed by atoms with Crippen LogP contribution in [0.2, 0.25) is 0 Å². The second kappa shape index (κ2) is 10.2. The molecule has 3 unspecified atom stereocenters. The molecule has 3 aliphatic heterocycles. The largest absolute Gasteiger partial charge is 0.495 e. The molecule has 9 heteroatoms. The van der Waals surface area contributed by atoms with Crippen molar-refractivity contribution in [1.82, 2.24) is 15.2 Å². The minimum atomic E-state index is -0.375. The number of methoxy groups -OCH3 is 1. The standard InChI is InChI=1S/C27H33N5O4/c1-31-9-8-22(15-31)32(2)27(34)18-5-7-24-19(10-18)11-20(16-36-24)26(33)30-23-6-4-17(12-25(23)35-3)21-13-28-29-14-21/h4-7,10,12-13,20-22,29H,8-9,11,14-16H2,1-3H3,(H,30,33). The SMILES string of the molecule is COc1cc(C2C=NNC2)ccc1NC(=O)C1COc2ccc(C(=O)N(C)C3CCN(C)C3)cc2C1. The number of hydrogen-bond acceptors (Lipinski definition) is 7. The Morgan fingerprint density at radius 2 is 2.11 bits per heavy atom. The molecule has 3 atom stereocenters. The highest BCUT2D eigenvalue weighted by Crippen LogP contribution is 2.32. The number of hydrogen-bond donors (Lipinski definition) is 2. The van der Waals surface area contributed by atoms with Gasteiger partial charge >= 0.3 is 0 Å². The fourth-order valence-corrected chi connectivity index (χ4v) is 5.12. The third kappa shape index (κ3) is 4.88. The van der Waals surface area contributed by atoms with Crippen LogP contribution < -0.4 is 20.2 Å². The number of rotatable bonds is 6. The third-order valence-corrected chi connectivity index (χ3v) is 7.39. The number of nitrogens with one attached hydrogen (secondary N) is 2. The van der Waals surface area contributed by atoms with Crippen LogP contribution in [0.4, 0.5) is 5.69 Å². The van der Waals surface area contributed by atoms with Gasteiger partial charge in [0, 0.05) is 43.9 Å². The third-order valence-electron chi connectivity index (χ3n) is 7.39. The Hall–Kier alpha value is -3.59. The van der Waals surface area contributed by atoms with E-state index in [0.29, 0.717) is 23.4 Å². The highest BCUT2D eigenvalue weighted by Gasteiger charge is 2.30. The van der Waals surface area contributed by atoms with Crippen molar-refractivity contribution in [2.45, 2.75) is 24.8 Å². The second-order valence-corrected chi connectivity index (χ2v) is 9.85. The minimum Gasteiger partial charge on any atom is -0.495 e. The molecule has 0 aliphatic carbocycles. The van der Waals surface area contributed by atoms with E-state index in [-0.39, 0.29) is 36.3 Å². The lowest BCUT2D eigenvalue weighted by molar-refractivity contribution is -0.121. The van der Waals surface area contributed by atoms with E-state index in [2.05, 4.69) is 27.8 Å². The molecule has 3 aliphatic rings. The Kier molecular flexibility index (Phi) is 6.82. The Morgan fingerprint density at radius 1 is 1.25 bits per heavy atom. The van der Waals surface area contributed by atoms with Gasteiger partial charge < -0.3 is 30.0 Å². The molecule has 2 aromatic rings. The number of nitrogens with zero attached hydrogens (tertiary/aromatic N) is 3. The lowest BCUT2D eigenvalue weighted by Gasteiger charge is -2.27. The van der Waals surface area contributed by atoms with Gasteiger partial charge in [0.25, 0.3) is 5.91 Å². The lowest BCUT2D eigenvalue weighted by atomic mass is 9.94. The van der Waals surface area contributed by atoms with E-state index in [4.69, 9.17) is 9.47 Å². The van der Waals surface area contributed by atoms with Gasteiger partial charge in [0.15, 0.2) is 0 Å². The van der Waals surface area contributed by atoms with Crippen LogP contribution in [-0.4, -0.2) is 81.3 Å². The van der Waals surface area contributed by atoms with Crippen LogP contribution in [0.25, 0.3) is 0 Å². The van der Waals surface area contributed by atoms with E-state index in [1.807, 2.05) is 54.6 Å². The van der Waals surface area contributed by atoms with Crippen LogP contribution in [0.15, 0.2) is 41.5 Å². The van der Waals surface area contributed by atoms with Crippen molar-refractivity contribution < 1.29 is 19.1 Å². The van der Waals surface area contributed by atoms with E-state index in [0.717, 1.165) is 42.9 Å². The quantitative estimate of drug-likeness (QED) is 0.644. The fraction of sp³-hybridized carbons (Fsp3) is 0.444. The summed E-state index contributed by atoms with van der Waals surface area (Å²) in [7, 11) is 5.54.